The molecule has 4 heteroatoms. The predicted molar refractivity (Wildman–Crippen MR) is 158 cm³/mol. The molecule has 0 unspecified atom stereocenters. The molecule has 4 aliphatic carbocycles. The van der Waals surface area contributed by atoms with Crippen molar-refractivity contribution in [3.63, 3.8) is 0 Å². The highest BCUT2D eigenvalue weighted by molar-refractivity contribution is 6.74. The van der Waals surface area contributed by atoms with Gasteiger partial charge in [0.1, 0.15) is 0 Å². The molecule has 0 heterocycles. The number of aliphatic hydroxyl groups is 2. The first kappa shape index (κ1) is 29.6. The molecule has 8 atom stereocenters. The van der Waals surface area contributed by atoms with Crippen LogP contribution < -0.4 is 0 Å². The molecule has 0 aromatic rings. The molecule has 4 aliphatic rings. The second-order valence-corrected chi connectivity index (χ2v) is 20.9. The van der Waals surface area contributed by atoms with Crippen molar-refractivity contribution in [2.75, 3.05) is 0 Å². The summed E-state index contributed by atoms with van der Waals surface area (Å²) in [5, 5.41) is 22.2. The van der Waals surface area contributed by atoms with Gasteiger partial charge in [0.25, 0.3) is 0 Å². The lowest BCUT2D eigenvalue weighted by atomic mass is 9.49. The van der Waals surface area contributed by atoms with Gasteiger partial charge in [-0.3, -0.25) is 0 Å². The van der Waals surface area contributed by atoms with E-state index in [-0.39, 0.29) is 27.9 Å². The van der Waals surface area contributed by atoms with Crippen molar-refractivity contribution in [1.29, 1.82) is 0 Å². The Balaban J connectivity index is 1.52. The van der Waals surface area contributed by atoms with E-state index in [1.165, 1.54) is 24.8 Å². The second kappa shape index (κ2) is 9.89. The minimum Gasteiger partial charge on any atom is -0.414 e. The smallest absolute Gasteiger partial charge is 0.192 e. The highest BCUT2D eigenvalue weighted by Crippen LogP contribution is 2.66. The number of hydrogen-bond donors (Lipinski definition) is 2. The summed E-state index contributed by atoms with van der Waals surface area (Å²) in [6, 6.07) is 0. The van der Waals surface area contributed by atoms with E-state index in [0.29, 0.717) is 23.9 Å². The van der Waals surface area contributed by atoms with Gasteiger partial charge in [-0.25, -0.2) is 0 Å². The molecule has 37 heavy (non-hydrogen) atoms. The SMILES string of the molecule is C[C@H](CCCC(C)(C)O)[C@H]1CC[C@H]2C3=CC=C4C[C@@H](O[Si](C)(C)C(C)(C)C)CC[C@]4(C)[C@H]3[C@H](O)C[C@]12C. The maximum atomic E-state index is 11.8. The molecule has 0 saturated heterocycles. The lowest BCUT2D eigenvalue weighted by Crippen LogP contribution is -2.53. The van der Waals surface area contributed by atoms with Crippen molar-refractivity contribution in [2.45, 2.75) is 149 Å². The van der Waals surface area contributed by atoms with E-state index < -0.39 is 13.9 Å². The number of rotatable bonds is 7. The Morgan fingerprint density at radius 2 is 1.76 bits per heavy atom. The summed E-state index contributed by atoms with van der Waals surface area (Å²) >= 11 is 0. The molecule has 0 spiro atoms. The zero-order valence-corrected chi connectivity index (χ0v) is 26.8. The standard InChI is InChI=1S/C33H58O3Si/c1-22(12-11-18-31(5,6)35)26-15-16-27-25-14-13-23-20-24(36-37(9,10)30(2,3)4)17-19-32(23,7)29(25)28(34)21-33(26,27)8/h13-14,22,24,26-29,34-35H,11-12,15-21H2,1-10H3/t22-,24+,26-,27+,28-,29-,32+,33-/m1/s1. The third kappa shape index (κ3) is 5.48. The van der Waals surface area contributed by atoms with Gasteiger partial charge in [-0.1, -0.05) is 77.7 Å². The third-order valence-electron chi connectivity index (χ3n) is 11.9. The van der Waals surface area contributed by atoms with Crippen LogP contribution in [0.2, 0.25) is 18.1 Å². The van der Waals surface area contributed by atoms with Crippen molar-refractivity contribution >= 4 is 8.32 Å². The van der Waals surface area contributed by atoms with Gasteiger partial charge in [0.2, 0.25) is 0 Å². The average molecular weight is 531 g/mol. The summed E-state index contributed by atoms with van der Waals surface area (Å²) in [7, 11) is -1.79. The Bertz CT molecular complexity index is 906. The molecular weight excluding hydrogens is 472 g/mol. The van der Waals surface area contributed by atoms with Crippen molar-refractivity contribution in [3.05, 3.63) is 23.3 Å². The first-order valence-corrected chi connectivity index (χ1v) is 18.3. The normalized spacial score (nSPS) is 39.3. The lowest BCUT2D eigenvalue weighted by Gasteiger charge is -2.57. The molecular formula is C33H58O3Si. The van der Waals surface area contributed by atoms with E-state index in [2.05, 4.69) is 66.8 Å². The van der Waals surface area contributed by atoms with Gasteiger partial charge < -0.3 is 14.6 Å². The number of allylic oxidation sites excluding steroid dienone is 2. The van der Waals surface area contributed by atoms with Crippen LogP contribution in [0.3, 0.4) is 0 Å². The molecule has 2 N–H and O–H groups in total. The molecule has 212 valence electrons. The first-order chi connectivity index (χ1) is 16.9. The van der Waals surface area contributed by atoms with Gasteiger partial charge in [0.15, 0.2) is 8.32 Å². The minimum absolute atomic E-state index is 0.0640. The summed E-state index contributed by atoms with van der Waals surface area (Å²) in [6.07, 6.45) is 14.8. The van der Waals surface area contributed by atoms with Crippen LogP contribution >= 0.6 is 0 Å². The summed E-state index contributed by atoms with van der Waals surface area (Å²) in [5.74, 6) is 2.15. The summed E-state index contributed by atoms with van der Waals surface area (Å²) < 4.78 is 6.88. The van der Waals surface area contributed by atoms with E-state index >= 15 is 0 Å². The van der Waals surface area contributed by atoms with E-state index in [0.717, 1.165) is 38.5 Å². The third-order valence-corrected chi connectivity index (χ3v) is 16.5. The van der Waals surface area contributed by atoms with Crippen LogP contribution in [0.1, 0.15) is 113 Å². The number of fused-ring (bicyclic) bond motifs is 5. The van der Waals surface area contributed by atoms with Crippen LogP contribution in [0.15, 0.2) is 23.3 Å². The largest absolute Gasteiger partial charge is 0.414 e. The highest BCUT2D eigenvalue weighted by Gasteiger charge is 2.60. The van der Waals surface area contributed by atoms with Crippen LogP contribution in [-0.2, 0) is 4.43 Å². The maximum Gasteiger partial charge on any atom is 0.192 e. The molecule has 3 nitrogen and oxygen atoms in total. The maximum absolute atomic E-state index is 11.8. The Morgan fingerprint density at radius 1 is 1.08 bits per heavy atom. The monoisotopic (exact) mass is 530 g/mol. The lowest BCUT2D eigenvalue weighted by molar-refractivity contribution is -0.0539. The topological polar surface area (TPSA) is 49.7 Å². The molecule has 0 aromatic carbocycles. The molecule has 0 radical (unpaired) electrons. The zero-order chi connectivity index (χ0) is 27.6. The van der Waals surface area contributed by atoms with Gasteiger partial charge in [0.05, 0.1) is 11.7 Å². The molecule has 0 aliphatic heterocycles. The van der Waals surface area contributed by atoms with E-state index in [9.17, 15) is 10.2 Å². The summed E-state index contributed by atoms with van der Waals surface area (Å²) in [4.78, 5) is 0. The minimum atomic E-state index is -1.79. The van der Waals surface area contributed by atoms with Gasteiger partial charge in [-0.05, 0) is 106 Å². The van der Waals surface area contributed by atoms with Crippen molar-refractivity contribution in [3.8, 4) is 0 Å². The van der Waals surface area contributed by atoms with Gasteiger partial charge >= 0.3 is 0 Å². The summed E-state index contributed by atoms with van der Waals surface area (Å²) in [5.41, 5.74) is 2.75. The van der Waals surface area contributed by atoms with Crippen LogP contribution in [-0.4, -0.2) is 36.3 Å². The quantitative estimate of drug-likeness (QED) is 0.325. The first-order valence-electron chi connectivity index (χ1n) is 15.4. The molecule has 3 fully saturated rings. The van der Waals surface area contributed by atoms with Crippen molar-refractivity contribution < 1.29 is 14.6 Å². The second-order valence-electron chi connectivity index (χ2n) is 16.2. The zero-order valence-electron chi connectivity index (χ0n) is 25.8. The van der Waals surface area contributed by atoms with Gasteiger partial charge in [-0.2, -0.15) is 0 Å². The Kier molecular flexibility index (Phi) is 7.90. The van der Waals surface area contributed by atoms with Gasteiger partial charge in [-0.15, -0.1) is 0 Å². The average Bonchev–Trinajstić information content (AvgIpc) is 3.08. The molecule has 0 amide bonds. The van der Waals surface area contributed by atoms with Crippen LogP contribution in [0.25, 0.3) is 0 Å². The Labute approximate surface area is 229 Å². The fourth-order valence-electron chi connectivity index (χ4n) is 8.82. The van der Waals surface area contributed by atoms with Crippen LogP contribution in [0.4, 0.5) is 0 Å². The summed E-state index contributed by atoms with van der Waals surface area (Å²) in [6.45, 7) is 23.0. The van der Waals surface area contributed by atoms with Crippen LogP contribution in [0.5, 0.6) is 0 Å². The Morgan fingerprint density at radius 3 is 2.38 bits per heavy atom. The van der Waals surface area contributed by atoms with E-state index in [4.69, 9.17) is 4.43 Å². The number of hydrogen-bond acceptors (Lipinski definition) is 3. The predicted octanol–water partition coefficient (Wildman–Crippen LogP) is 8.42. The van der Waals surface area contributed by atoms with Gasteiger partial charge in [0, 0.05) is 12.0 Å². The fourth-order valence-corrected chi connectivity index (χ4v) is 10.2. The Hall–Kier alpha value is -0.423. The molecule has 3 saturated carbocycles. The highest BCUT2D eigenvalue weighted by atomic mass is 28.4. The van der Waals surface area contributed by atoms with Crippen molar-refractivity contribution in [2.24, 2.45) is 34.5 Å². The molecule has 0 bridgehead atoms. The van der Waals surface area contributed by atoms with Crippen molar-refractivity contribution in [1.82, 2.24) is 0 Å². The van der Waals surface area contributed by atoms with Crippen LogP contribution in [0, 0.1) is 34.5 Å². The molecule has 4 rings (SSSR count). The van der Waals surface area contributed by atoms with E-state index in [1.54, 1.807) is 5.57 Å². The van der Waals surface area contributed by atoms with E-state index in [1.807, 2.05) is 13.8 Å². The number of aliphatic hydroxyl groups excluding tert-OH is 1. The fraction of sp³-hybridized carbons (Fsp3) is 0.879. The molecule has 0 aromatic heterocycles.